The number of benzene rings is 1. The van der Waals surface area contributed by atoms with E-state index >= 15 is 0 Å². The molecule has 4 rings (SSSR count). The maximum Gasteiger partial charge on any atom is 0.269 e. The van der Waals surface area contributed by atoms with Gasteiger partial charge in [-0.15, -0.1) is 11.3 Å². The molecule has 1 aliphatic carbocycles. The fourth-order valence-corrected chi connectivity index (χ4v) is 4.34. The zero-order valence-corrected chi connectivity index (χ0v) is 13.0. The number of nitro groups is 1. The Labute approximate surface area is 135 Å². The first-order valence-electron chi connectivity index (χ1n) is 7.42. The summed E-state index contributed by atoms with van der Waals surface area (Å²) < 4.78 is 1.96. The van der Waals surface area contributed by atoms with Crippen LogP contribution in [0.2, 0.25) is 0 Å². The molecule has 116 valence electrons. The molecule has 3 aromatic rings. The molecule has 0 amide bonds. The van der Waals surface area contributed by atoms with Gasteiger partial charge >= 0.3 is 0 Å². The van der Waals surface area contributed by atoms with E-state index in [-0.39, 0.29) is 5.69 Å². The van der Waals surface area contributed by atoms with E-state index < -0.39 is 4.92 Å². The van der Waals surface area contributed by atoms with Gasteiger partial charge in [0, 0.05) is 28.3 Å². The van der Waals surface area contributed by atoms with Gasteiger partial charge in [-0.2, -0.15) is 0 Å². The Morgan fingerprint density at radius 2 is 1.96 bits per heavy atom. The molecule has 0 unspecified atom stereocenters. The predicted octanol–water partition coefficient (Wildman–Crippen LogP) is 3.66. The second-order valence-electron chi connectivity index (χ2n) is 5.56. The summed E-state index contributed by atoms with van der Waals surface area (Å²) in [5.74, 6) is 0. The number of aromatic nitrogens is 2. The molecule has 0 aliphatic heterocycles. The van der Waals surface area contributed by atoms with Crippen LogP contribution in [-0.4, -0.2) is 20.6 Å². The normalized spacial score (nSPS) is 13.9. The van der Waals surface area contributed by atoms with Gasteiger partial charge < -0.3 is 0 Å². The minimum atomic E-state index is -0.438. The Morgan fingerprint density at radius 3 is 2.65 bits per heavy atom. The smallest absolute Gasteiger partial charge is 0.269 e. The largest absolute Gasteiger partial charge is 0.296 e. The summed E-state index contributed by atoms with van der Waals surface area (Å²) in [7, 11) is 0. The van der Waals surface area contributed by atoms with Crippen molar-refractivity contribution in [2.24, 2.45) is 0 Å². The SMILES string of the molecule is O=Cc1c(-c2ccc([N+](=O)[O-])cc2)nc2sc3c(n12)CCCC3. The highest BCUT2D eigenvalue weighted by atomic mass is 32.1. The molecule has 1 aromatic carbocycles. The fraction of sp³-hybridized carbons (Fsp3) is 0.250. The lowest BCUT2D eigenvalue weighted by molar-refractivity contribution is -0.384. The van der Waals surface area contributed by atoms with Gasteiger partial charge in [0.15, 0.2) is 11.2 Å². The molecule has 0 saturated heterocycles. The third kappa shape index (κ3) is 2.16. The highest BCUT2D eigenvalue weighted by molar-refractivity contribution is 7.17. The summed E-state index contributed by atoms with van der Waals surface area (Å²) in [5, 5.41) is 10.8. The Kier molecular flexibility index (Phi) is 3.23. The lowest BCUT2D eigenvalue weighted by Gasteiger charge is -2.11. The first kappa shape index (κ1) is 14.1. The fourth-order valence-electron chi connectivity index (χ4n) is 3.12. The van der Waals surface area contributed by atoms with Crippen molar-refractivity contribution in [2.45, 2.75) is 25.7 Å². The zero-order chi connectivity index (χ0) is 16.0. The van der Waals surface area contributed by atoms with E-state index in [2.05, 4.69) is 4.98 Å². The number of nitrogens with zero attached hydrogens (tertiary/aromatic N) is 3. The summed E-state index contributed by atoms with van der Waals surface area (Å²) in [4.78, 5) is 28.8. The van der Waals surface area contributed by atoms with Crippen LogP contribution in [0, 0.1) is 10.1 Å². The molecule has 7 heteroatoms. The zero-order valence-electron chi connectivity index (χ0n) is 12.2. The number of rotatable bonds is 3. The van der Waals surface area contributed by atoms with Crippen LogP contribution in [-0.2, 0) is 12.8 Å². The highest BCUT2D eigenvalue weighted by Crippen LogP contribution is 2.34. The number of carbonyl (C=O) groups is 1. The minimum Gasteiger partial charge on any atom is -0.296 e. The van der Waals surface area contributed by atoms with Crippen molar-refractivity contribution in [3.63, 3.8) is 0 Å². The second kappa shape index (κ2) is 5.27. The topological polar surface area (TPSA) is 77.5 Å². The maximum absolute atomic E-state index is 11.7. The maximum atomic E-state index is 11.7. The van der Waals surface area contributed by atoms with Gasteiger partial charge in [0.2, 0.25) is 0 Å². The number of hydrogen-bond acceptors (Lipinski definition) is 5. The number of thiazole rings is 1. The van der Waals surface area contributed by atoms with Crippen LogP contribution in [0.4, 0.5) is 5.69 Å². The molecular formula is C16H13N3O3S. The summed E-state index contributed by atoms with van der Waals surface area (Å²) in [6.07, 6.45) is 5.16. The number of fused-ring (bicyclic) bond motifs is 3. The van der Waals surface area contributed by atoms with Crippen molar-refractivity contribution in [2.75, 3.05) is 0 Å². The molecule has 0 radical (unpaired) electrons. The Bertz CT molecular complexity index is 924. The lowest BCUT2D eigenvalue weighted by Crippen LogP contribution is -2.04. The van der Waals surface area contributed by atoms with Crippen molar-refractivity contribution in [1.29, 1.82) is 0 Å². The van der Waals surface area contributed by atoms with Crippen molar-refractivity contribution in [3.8, 4) is 11.3 Å². The molecule has 23 heavy (non-hydrogen) atoms. The first-order valence-corrected chi connectivity index (χ1v) is 8.23. The molecule has 2 heterocycles. The van der Waals surface area contributed by atoms with Gasteiger partial charge in [-0.1, -0.05) is 0 Å². The van der Waals surface area contributed by atoms with Crippen molar-refractivity contribution < 1.29 is 9.72 Å². The van der Waals surface area contributed by atoms with Gasteiger partial charge in [0.25, 0.3) is 5.69 Å². The van der Waals surface area contributed by atoms with E-state index in [1.807, 2.05) is 4.40 Å². The monoisotopic (exact) mass is 327 g/mol. The Morgan fingerprint density at radius 1 is 1.22 bits per heavy atom. The summed E-state index contributed by atoms with van der Waals surface area (Å²) in [6, 6.07) is 6.16. The number of nitro benzene ring substituents is 1. The minimum absolute atomic E-state index is 0.0276. The van der Waals surface area contributed by atoms with Crippen LogP contribution in [0.3, 0.4) is 0 Å². The van der Waals surface area contributed by atoms with Crippen molar-refractivity contribution in [3.05, 3.63) is 50.6 Å². The van der Waals surface area contributed by atoms with Gasteiger partial charge in [0.1, 0.15) is 11.4 Å². The molecule has 0 fully saturated rings. The van der Waals surface area contributed by atoms with E-state index in [0.29, 0.717) is 11.4 Å². The Balaban J connectivity index is 1.88. The molecular weight excluding hydrogens is 314 g/mol. The van der Waals surface area contributed by atoms with E-state index in [9.17, 15) is 14.9 Å². The second-order valence-corrected chi connectivity index (χ2v) is 6.63. The van der Waals surface area contributed by atoms with Crippen LogP contribution >= 0.6 is 11.3 Å². The molecule has 0 N–H and O–H groups in total. The van der Waals surface area contributed by atoms with E-state index in [0.717, 1.165) is 36.1 Å². The third-order valence-electron chi connectivity index (χ3n) is 4.22. The van der Waals surface area contributed by atoms with E-state index in [4.69, 9.17) is 0 Å². The standard InChI is InChI=1S/C16H13N3O3S/c20-9-13-15(10-5-7-11(8-6-10)19(21)22)17-16-18(13)12-3-1-2-4-14(12)23-16/h5-9H,1-4H2. The molecule has 0 atom stereocenters. The quantitative estimate of drug-likeness (QED) is 0.418. The molecule has 2 aromatic heterocycles. The van der Waals surface area contributed by atoms with Gasteiger partial charge in [-0.3, -0.25) is 19.3 Å². The van der Waals surface area contributed by atoms with Gasteiger partial charge in [-0.05, 0) is 37.8 Å². The lowest BCUT2D eigenvalue weighted by atomic mass is 10.0. The number of aryl methyl sites for hydroxylation is 2. The molecule has 0 spiro atoms. The summed E-state index contributed by atoms with van der Waals surface area (Å²) in [6.45, 7) is 0. The average Bonchev–Trinajstić information content (AvgIpc) is 3.10. The molecule has 0 saturated carbocycles. The molecule has 1 aliphatic rings. The molecule has 6 nitrogen and oxygen atoms in total. The number of aldehydes is 1. The van der Waals surface area contributed by atoms with Crippen molar-refractivity contribution in [1.82, 2.24) is 9.38 Å². The van der Waals surface area contributed by atoms with Crippen LogP contribution in [0.1, 0.15) is 33.9 Å². The number of carbonyl (C=O) groups excluding carboxylic acids is 1. The van der Waals surface area contributed by atoms with Crippen LogP contribution < -0.4 is 0 Å². The number of imidazole rings is 1. The van der Waals surface area contributed by atoms with E-state index in [1.54, 1.807) is 23.5 Å². The predicted molar refractivity (Wildman–Crippen MR) is 87.2 cm³/mol. The number of hydrogen-bond donors (Lipinski definition) is 0. The van der Waals surface area contributed by atoms with Crippen molar-refractivity contribution >= 4 is 28.3 Å². The average molecular weight is 327 g/mol. The highest BCUT2D eigenvalue weighted by Gasteiger charge is 2.23. The van der Waals surface area contributed by atoms with Gasteiger partial charge in [-0.25, -0.2) is 4.98 Å². The Hall–Kier alpha value is -2.54. The summed E-state index contributed by atoms with van der Waals surface area (Å²) >= 11 is 1.64. The number of non-ortho nitro benzene ring substituents is 1. The van der Waals surface area contributed by atoms with E-state index in [1.165, 1.54) is 29.1 Å². The van der Waals surface area contributed by atoms with Crippen LogP contribution in [0.5, 0.6) is 0 Å². The third-order valence-corrected chi connectivity index (χ3v) is 5.36. The first-order chi connectivity index (χ1) is 11.2. The summed E-state index contributed by atoms with van der Waals surface area (Å²) in [5.41, 5.74) is 3.07. The van der Waals surface area contributed by atoms with Crippen LogP contribution in [0.25, 0.3) is 16.2 Å². The molecule has 0 bridgehead atoms. The van der Waals surface area contributed by atoms with Crippen LogP contribution in [0.15, 0.2) is 24.3 Å². The van der Waals surface area contributed by atoms with Gasteiger partial charge in [0.05, 0.1) is 4.92 Å².